The van der Waals surface area contributed by atoms with Crippen molar-refractivity contribution in [1.82, 2.24) is 9.97 Å². The SMILES string of the molecule is Cc1ccc(Nc2nc(C(=O)Nc3ccccc3Br)nc3ccccc23)cc1. The number of anilines is 3. The zero-order chi connectivity index (χ0) is 19.5. The number of aromatic nitrogens is 2. The summed E-state index contributed by atoms with van der Waals surface area (Å²) < 4.78 is 0.794. The van der Waals surface area contributed by atoms with Crippen LogP contribution in [0.5, 0.6) is 0 Å². The number of amides is 1. The highest BCUT2D eigenvalue weighted by atomic mass is 79.9. The van der Waals surface area contributed by atoms with Gasteiger partial charge in [0.1, 0.15) is 5.82 Å². The fourth-order valence-electron chi connectivity index (χ4n) is 2.79. The predicted molar refractivity (Wildman–Crippen MR) is 116 cm³/mol. The van der Waals surface area contributed by atoms with Crippen LogP contribution < -0.4 is 10.6 Å². The lowest BCUT2D eigenvalue weighted by molar-refractivity contribution is 0.101. The molecule has 0 unspecified atom stereocenters. The lowest BCUT2D eigenvalue weighted by Gasteiger charge is -2.12. The van der Waals surface area contributed by atoms with Crippen molar-refractivity contribution in [3.05, 3.63) is 88.7 Å². The van der Waals surface area contributed by atoms with Crippen molar-refractivity contribution < 1.29 is 4.79 Å². The Labute approximate surface area is 171 Å². The van der Waals surface area contributed by atoms with E-state index in [2.05, 4.69) is 36.5 Å². The molecule has 0 fully saturated rings. The van der Waals surface area contributed by atoms with Crippen molar-refractivity contribution in [1.29, 1.82) is 0 Å². The van der Waals surface area contributed by atoms with Gasteiger partial charge >= 0.3 is 0 Å². The van der Waals surface area contributed by atoms with Gasteiger partial charge in [-0.2, -0.15) is 0 Å². The second-order valence-corrected chi connectivity index (χ2v) is 7.19. The quantitative estimate of drug-likeness (QED) is 0.434. The van der Waals surface area contributed by atoms with Gasteiger partial charge in [0.05, 0.1) is 11.2 Å². The van der Waals surface area contributed by atoms with Crippen LogP contribution in [0.25, 0.3) is 10.9 Å². The van der Waals surface area contributed by atoms with Gasteiger partial charge in [-0.3, -0.25) is 4.79 Å². The summed E-state index contributed by atoms with van der Waals surface area (Å²) in [6.07, 6.45) is 0. The Morgan fingerprint density at radius 1 is 0.893 bits per heavy atom. The molecular formula is C22H17BrN4O. The van der Waals surface area contributed by atoms with Gasteiger partial charge in [0.25, 0.3) is 5.91 Å². The second kappa shape index (κ2) is 7.78. The fraction of sp³-hybridized carbons (Fsp3) is 0.0455. The summed E-state index contributed by atoms with van der Waals surface area (Å²) in [6.45, 7) is 2.04. The third-order valence-corrected chi connectivity index (χ3v) is 4.93. The molecule has 138 valence electrons. The van der Waals surface area contributed by atoms with E-state index in [0.29, 0.717) is 17.0 Å². The van der Waals surface area contributed by atoms with Crippen molar-refractivity contribution in [3.63, 3.8) is 0 Å². The lowest BCUT2D eigenvalue weighted by atomic mass is 10.2. The summed E-state index contributed by atoms with van der Waals surface area (Å²) in [7, 11) is 0. The van der Waals surface area contributed by atoms with E-state index in [9.17, 15) is 4.79 Å². The number of fused-ring (bicyclic) bond motifs is 1. The molecule has 3 aromatic carbocycles. The number of nitrogens with zero attached hydrogens (tertiary/aromatic N) is 2. The van der Waals surface area contributed by atoms with Crippen LogP contribution in [-0.2, 0) is 0 Å². The normalized spacial score (nSPS) is 10.6. The Morgan fingerprint density at radius 2 is 1.61 bits per heavy atom. The van der Waals surface area contributed by atoms with E-state index in [1.807, 2.05) is 79.7 Å². The maximum absolute atomic E-state index is 12.8. The first-order chi connectivity index (χ1) is 13.6. The number of carbonyl (C=O) groups excluding carboxylic acids is 1. The van der Waals surface area contributed by atoms with Crippen molar-refractivity contribution in [2.75, 3.05) is 10.6 Å². The molecule has 0 spiro atoms. The second-order valence-electron chi connectivity index (χ2n) is 6.34. The van der Waals surface area contributed by atoms with Crippen LogP contribution in [0.4, 0.5) is 17.2 Å². The minimum absolute atomic E-state index is 0.101. The van der Waals surface area contributed by atoms with E-state index < -0.39 is 0 Å². The number of nitrogens with one attached hydrogen (secondary N) is 2. The number of para-hydroxylation sites is 2. The van der Waals surface area contributed by atoms with Gasteiger partial charge in [0, 0.05) is 15.5 Å². The van der Waals surface area contributed by atoms with E-state index in [-0.39, 0.29) is 11.7 Å². The molecule has 2 N–H and O–H groups in total. The third kappa shape index (κ3) is 3.87. The maximum Gasteiger partial charge on any atom is 0.293 e. The van der Waals surface area contributed by atoms with Gasteiger partial charge in [-0.25, -0.2) is 9.97 Å². The molecule has 0 aliphatic heterocycles. The largest absolute Gasteiger partial charge is 0.340 e. The minimum atomic E-state index is -0.371. The third-order valence-electron chi connectivity index (χ3n) is 4.24. The van der Waals surface area contributed by atoms with Crippen molar-refractivity contribution in [3.8, 4) is 0 Å². The predicted octanol–water partition coefficient (Wildman–Crippen LogP) is 5.70. The summed E-state index contributed by atoms with van der Waals surface area (Å²) in [5.41, 5.74) is 3.43. The van der Waals surface area contributed by atoms with Gasteiger partial charge in [0.2, 0.25) is 5.82 Å². The Kier molecular flexibility index (Phi) is 5.04. The molecule has 1 aromatic heterocycles. The molecule has 5 nitrogen and oxygen atoms in total. The number of halogens is 1. The molecule has 4 aromatic rings. The Bertz CT molecular complexity index is 1160. The molecule has 6 heteroatoms. The first-order valence-electron chi connectivity index (χ1n) is 8.76. The molecular weight excluding hydrogens is 416 g/mol. The summed E-state index contributed by atoms with van der Waals surface area (Å²) in [6, 6.07) is 23.0. The van der Waals surface area contributed by atoms with Gasteiger partial charge in [-0.05, 0) is 59.3 Å². The Morgan fingerprint density at radius 3 is 2.39 bits per heavy atom. The number of hydrogen-bond donors (Lipinski definition) is 2. The molecule has 28 heavy (non-hydrogen) atoms. The highest BCUT2D eigenvalue weighted by Gasteiger charge is 2.15. The Balaban J connectivity index is 1.72. The van der Waals surface area contributed by atoms with Gasteiger partial charge in [-0.15, -0.1) is 0 Å². The standard InChI is InChI=1S/C22H17BrN4O/c1-14-10-12-15(13-11-14)24-20-16-6-2-4-8-18(16)25-21(27-20)22(28)26-19-9-5-3-7-17(19)23/h2-13H,1H3,(H,26,28)(H,24,25,27). The van der Waals surface area contributed by atoms with E-state index in [4.69, 9.17) is 0 Å². The highest BCUT2D eigenvalue weighted by molar-refractivity contribution is 9.10. The topological polar surface area (TPSA) is 66.9 Å². The zero-order valence-corrected chi connectivity index (χ0v) is 16.7. The summed E-state index contributed by atoms with van der Waals surface area (Å²) >= 11 is 3.43. The number of benzene rings is 3. The van der Waals surface area contributed by atoms with Crippen LogP contribution in [0, 0.1) is 6.92 Å². The van der Waals surface area contributed by atoms with Crippen LogP contribution >= 0.6 is 15.9 Å². The van der Waals surface area contributed by atoms with Crippen LogP contribution in [-0.4, -0.2) is 15.9 Å². The lowest BCUT2D eigenvalue weighted by Crippen LogP contribution is -2.17. The van der Waals surface area contributed by atoms with Gasteiger partial charge in [0.15, 0.2) is 0 Å². The molecule has 4 rings (SSSR count). The molecule has 0 atom stereocenters. The molecule has 0 aliphatic carbocycles. The molecule has 0 aliphatic rings. The van der Waals surface area contributed by atoms with Crippen molar-refractivity contribution in [2.45, 2.75) is 6.92 Å². The fourth-order valence-corrected chi connectivity index (χ4v) is 3.17. The summed E-state index contributed by atoms with van der Waals surface area (Å²) in [4.78, 5) is 21.7. The number of rotatable bonds is 4. The first-order valence-corrected chi connectivity index (χ1v) is 9.56. The first kappa shape index (κ1) is 18.1. The summed E-state index contributed by atoms with van der Waals surface area (Å²) in [5.74, 6) is 0.320. The van der Waals surface area contributed by atoms with Crippen molar-refractivity contribution in [2.24, 2.45) is 0 Å². The number of carbonyl (C=O) groups is 1. The zero-order valence-electron chi connectivity index (χ0n) is 15.1. The number of hydrogen-bond acceptors (Lipinski definition) is 4. The average molecular weight is 433 g/mol. The van der Waals surface area contributed by atoms with Crippen LogP contribution in [0.3, 0.4) is 0 Å². The van der Waals surface area contributed by atoms with Gasteiger partial charge < -0.3 is 10.6 Å². The smallest absolute Gasteiger partial charge is 0.293 e. The average Bonchev–Trinajstić information content (AvgIpc) is 2.71. The molecule has 0 radical (unpaired) electrons. The van der Waals surface area contributed by atoms with Crippen LogP contribution in [0.15, 0.2) is 77.3 Å². The number of aryl methyl sites for hydroxylation is 1. The van der Waals surface area contributed by atoms with E-state index in [1.54, 1.807) is 0 Å². The van der Waals surface area contributed by atoms with E-state index >= 15 is 0 Å². The highest BCUT2D eigenvalue weighted by Crippen LogP contribution is 2.25. The Hall–Kier alpha value is -3.25. The minimum Gasteiger partial charge on any atom is -0.340 e. The molecule has 0 saturated carbocycles. The van der Waals surface area contributed by atoms with Crippen LogP contribution in [0.2, 0.25) is 0 Å². The molecule has 1 amide bonds. The van der Waals surface area contributed by atoms with E-state index in [0.717, 1.165) is 15.5 Å². The van der Waals surface area contributed by atoms with Crippen LogP contribution in [0.1, 0.15) is 16.2 Å². The monoisotopic (exact) mass is 432 g/mol. The van der Waals surface area contributed by atoms with E-state index in [1.165, 1.54) is 5.56 Å². The summed E-state index contributed by atoms with van der Waals surface area (Å²) in [5, 5.41) is 7.00. The molecule has 0 bridgehead atoms. The van der Waals surface area contributed by atoms with Crippen molar-refractivity contribution >= 4 is 49.9 Å². The molecule has 0 saturated heterocycles. The maximum atomic E-state index is 12.8. The van der Waals surface area contributed by atoms with Gasteiger partial charge in [-0.1, -0.05) is 42.0 Å². The molecule has 1 heterocycles.